The van der Waals surface area contributed by atoms with Gasteiger partial charge in [-0.1, -0.05) is 96.8 Å². The van der Waals surface area contributed by atoms with Crippen molar-refractivity contribution in [2.45, 2.75) is 110 Å². The normalized spacial score (nSPS) is 11.8. The van der Waals surface area contributed by atoms with Crippen molar-refractivity contribution in [1.29, 1.82) is 0 Å². The van der Waals surface area contributed by atoms with E-state index in [1.165, 1.54) is 89.2 Å². The van der Waals surface area contributed by atoms with Crippen LogP contribution >= 0.6 is 0 Å². The van der Waals surface area contributed by atoms with Crippen LogP contribution in [0.5, 0.6) is 0 Å². The highest BCUT2D eigenvalue weighted by molar-refractivity contribution is 5.92. The number of aromatic carboxylic acids is 1. The van der Waals surface area contributed by atoms with Gasteiger partial charge >= 0.3 is 5.97 Å². The van der Waals surface area contributed by atoms with Crippen LogP contribution in [0.4, 0.5) is 5.69 Å². The number of unbranched alkanes of at least 4 members (excludes halogenated alkanes) is 14. The van der Waals surface area contributed by atoms with Gasteiger partial charge in [-0.2, -0.15) is 0 Å². The summed E-state index contributed by atoms with van der Waals surface area (Å²) in [7, 11) is 0. The highest BCUT2D eigenvalue weighted by atomic mass is 16.4. The summed E-state index contributed by atoms with van der Waals surface area (Å²) >= 11 is 0. The molecule has 0 fully saturated rings. The summed E-state index contributed by atoms with van der Waals surface area (Å²) in [6.45, 7) is 2.26. The Bertz CT molecular complexity index is 664. The van der Waals surface area contributed by atoms with Crippen molar-refractivity contribution in [1.82, 2.24) is 0 Å². The molecular weight excluding hydrogens is 362 g/mol. The van der Waals surface area contributed by atoms with Crippen LogP contribution in [0.2, 0.25) is 0 Å². The molecule has 0 bridgehead atoms. The molecule has 29 heavy (non-hydrogen) atoms. The maximum atomic E-state index is 12.1. The van der Waals surface area contributed by atoms with E-state index in [9.17, 15) is 9.59 Å². The fourth-order valence-corrected chi connectivity index (χ4v) is 3.45. The third-order valence-electron chi connectivity index (χ3n) is 5.26. The van der Waals surface area contributed by atoms with Crippen LogP contribution in [0.1, 0.15) is 123 Å². The average Bonchev–Trinajstić information content (AvgIpc) is 2.74. The van der Waals surface area contributed by atoms with E-state index in [-0.39, 0.29) is 29.2 Å². The third kappa shape index (κ3) is 13.9. The first-order valence-electron chi connectivity index (χ1n) is 12.6. The lowest BCUT2D eigenvalue weighted by Crippen LogP contribution is -2.11. The molecule has 0 aliphatic carbocycles. The Morgan fingerprint density at radius 3 is 1.76 bits per heavy atom. The largest absolute Gasteiger partial charge is 0.478 e. The van der Waals surface area contributed by atoms with Gasteiger partial charge in [0.05, 0.1) is 8.30 Å². The van der Waals surface area contributed by atoms with E-state index in [0.717, 1.165) is 19.3 Å². The van der Waals surface area contributed by atoms with Gasteiger partial charge in [0, 0.05) is 12.1 Å². The molecule has 164 valence electrons. The lowest BCUT2D eigenvalue weighted by Gasteiger charge is -2.06. The van der Waals surface area contributed by atoms with E-state index in [0.29, 0.717) is 6.42 Å². The highest BCUT2D eigenvalue weighted by Gasteiger charge is 2.05. The minimum absolute atomic E-state index is 0.189. The molecule has 0 aromatic heterocycles. The molecule has 4 heteroatoms. The maximum absolute atomic E-state index is 12.1. The van der Waals surface area contributed by atoms with E-state index < -0.39 is 5.97 Å². The number of hydrogen-bond acceptors (Lipinski definition) is 2. The first kappa shape index (κ1) is 21.9. The van der Waals surface area contributed by atoms with Crippen molar-refractivity contribution in [3.63, 3.8) is 0 Å². The number of rotatable bonds is 18. The minimum atomic E-state index is -1.24. The number of carboxylic acids is 1. The van der Waals surface area contributed by atoms with Gasteiger partial charge in [0.15, 0.2) is 0 Å². The lowest BCUT2D eigenvalue weighted by atomic mass is 10.0. The molecule has 0 saturated heterocycles. The van der Waals surface area contributed by atoms with Crippen molar-refractivity contribution in [2.24, 2.45) is 0 Å². The second kappa shape index (κ2) is 17.1. The van der Waals surface area contributed by atoms with Gasteiger partial charge in [-0.05, 0) is 30.6 Å². The Kier molecular flexibility index (Phi) is 12.9. The van der Waals surface area contributed by atoms with E-state index in [1.54, 1.807) is 0 Å². The molecule has 0 aliphatic heterocycles. The summed E-state index contributed by atoms with van der Waals surface area (Å²) < 4.78 is 15.6. The zero-order valence-corrected chi connectivity index (χ0v) is 18.2. The first-order valence-corrected chi connectivity index (χ1v) is 11.6. The molecule has 2 N–H and O–H groups in total. The predicted octanol–water partition coefficient (Wildman–Crippen LogP) is 7.58. The molecule has 1 amide bonds. The summed E-state index contributed by atoms with van der Waals surface area (Å²) in [6.07, 6.45) is 19.5. The molecule has 0 saturated carbocycles. The van der Waals surface area contributed by atoms with Crippen LogP contribution in [0.3, 0.4) is 0 Å². The second-order valence-corrected chi connectivity index (χ2v) is 7.96. The van der Waals surface area contributed by atoms with Gasteiger partial charge in [0.1, 0.15) is 0 Å². The standard InChI is InChI=1S/C25H41NO3/c1-2-3-4-5-6-7-8-9-10-11-12-13-14-15-16-17-24(27)26-23-20-18-22(19-21-23)25(28)29/h18-21H,2-17H2,1H3,(H,26,27)(H,28,29)/i18D,20D. The average molecular weight is 406 g/mol. The molecule has 1 rings (SSSR count). The Labute approximate surface area is 180 Å². The van der Waals surface area contributed by atoms with Crippen LogP contribution in [-0.4, -0.2) is 17.0 Å². The number of anilines is 1. The van der Waals surface area contributed by atoms with E-state index >= 15 is 0 Å². The highest BCUT2D eigenvalue weighted by Crippen LogP contribution is 2.14. The quantitative estimate of drug-likeness (QED) is 0.247. The summed E-state index contributed by atoms with van der Waals surface area (Å²) in [5.41, 5.74) is -0.0358. The Hall–Kier alpha value is -1.84. The number of amides is 1. The third-order valence-corrected chi connectivity index (χ3v) is 5.26. The molecule has 0 spiro atoms. The number of hydrogen-bond donors (Lipinski definition) is 2. The van der Waals surface area contributed by atoms with Crippen LogP contribution in [0, 0.1) is 0 Å². The summed E-state index contributed by atoms with van der Waals surface area (Å²) in [6, 6.07) is 2.00. The van der Waals surface area contributed by atoms with Crippen molar-refractivity contribution in [3.05, 3.63) is 29.8 Å². The molecule has 0 unspecified atom stereocenters. The molecule has 1 aromatic rings. The van der Waals surface area contributed by atoms with Crippen LogP contribution in [0.25, 0.3) is 0 Å². The molecule has 0 aliphatic rings. The van der Waals surface area contributed by atoms with Gasteiger partial charge in [-0.15, -0.1) is 0 Å². The molecule has 0 atom stereocenters. The number of benzene rings is 1. The van der Waals surface area contributed by atoms with Crippen LogP contribution < -0.4 is 5.32 Å². The Morgan fingerprint density at radius 2 is 1.28 bits per heavy atom. The van der Waals surface area contributed by atoms with Gasteiger partial charge < -0.3 is 10.4 Å². The van der Waals surface area contributed by atoms with Gasteiger partial charge in [0.2, 0.25) is 5.91 Å². The van der Waals surface area contributed by atoms with Gasteiger partial charge in [-0.25, -0.2) is 4.79 Å². The monoisotopic (exact) mass is 405 g/mol. The topological polar surface area (TPSA) is 66.4 Å². The zero-order chi connectivity index (χ0) is 22.9. The molecular formula is C25H41NO3. The molecule has 0 heterocycles. The summed E-state index contributed by atoms with van der Waals surface area (Å²) in [5, 5.41) is 11.6. The number of carbonyl (C=O) groups is 2. The fourth-order valence-electron chi connectivity index (χ4n) is 3.45. The minimum Gasteiger partial charge on any atom is -0.478 e. The summed E-state index contributed by atoms with van der Waals surface area (Å²) in [5.74, 6) is -1.43. The van der Waals surface area contributed by atoms with Crippen LogP contribution in [-0.2, 0) is 4.79 Å². The van der Waals surface area contributed by atoms with Crippen molar-refractivity contribution in [2.75, 3.05) is 5.32 Å². The number of carbonyl (C=O) groups excluding carboxylic acids is 1. The second-order valence-electron chi connectivity index (χ2n) is 7.96. The van der Waals surface area contributed by atoms with Crippen molar-refractivity contribution < 1.29 is 17.4 Å². The van der Waals surface area contributed by atoms with Gasteiger partial charge in [-0.3, -0.25) is 4.79 Å². The van der Waals surface area contributed by atoms with E-state index in [4.69, 9.17) is 7.85 Å². The number of nitrogens with one attached hydrogen (secondary N) is 1. The fraction of sp³-hybridized carbons (Fsp3) is 0.680. The molecule has 1 aromatic carbocycles. The Balaban J connectivity index is 2.01. The van der Waals surface area contributed by atoms with Gasteiger partial charge in [0.25, 0.3) is 0 Å². The zero-order valence-electron chi connectivity index (χ0n) is 20.2. The Morgan fingerprint density at radius 1 is 0.793 bits per heavy atom. The van der Waals surface area contributed by atoms with Crippen LogP contribution in [0.15, 0.2) is 24.2 Å². The maximum Gasteiger partial charge on any atom is 0.335 e. The van der Waals surface area contributed by atoms with Crippen molar-refractivity contribution >= 4 is 17.6 Å². The number of carboxylic acid groups (broad SMARTS) is 1. The SMILES string of the molecule is [2H]c1c(NC(=O)CCCCCCCCCCCCCCCCC)ccc(C(=O)O)c1[2H]. The molecule has 4 nitrogen and oxygen atoms in total. The smallest absolute Gasteiger partial charge is 0.335 e. The lowest BCUT2D eigenvalue weighted by molar-refractivity contribution is -0.116. The molecule has 0 radical (unpaired) electrons. The van der Waals surface area contributed by atoms with E-state index in [1.807, 2.05) is 0 Å². The van der Waals surface area contributed by atoms with Crippen molar-refractivity contribution in [3.8, 4) is 0 Å². The predicted molar refractivity (Wildman–Crippen MR) is 122 cm³/mol. The van der Waals surface area contributed by atoms with E-state index in [2.05, 4.69) is 12.2 Å². The summed E-state index contributed by atoms with van der Waals surface area (Å²) in [4.78, 5) is 23.0. The first-order chi connectivity index (χ1) is 15.0.